The van der Waals surface area contributed by atoms with Crippen LogP contribution in [0.4, 0.5) is 0 Å². The number of nitrogens with one attached hydrogen (secondary N) is 1. The zero-order chi connectivity index (χ0) is 16.1. The predicted molar refractivity (Wildman–Crippen MR) is 86.9 cm³/mol. The number of carbonyl (C=O) groups excluding carboxylic acids is 1. The number of aromatic nitrogens is 1. The number of aryl methyl sites for hydroxylation is 2. The molecule has 0 aromatic carbocycles. The monoisotopic (exact) mass is 326 g/mol. The van der Waals surface area contributed by atoms with E-state index in [1.807, 2.05) is 6.92 Å². The summed E-state index contributed by atoms with van der Waals surface area (Å²) in [5, 5.41) is 6.32. The third-order valence-corrected chi connectivity index (χ3v) is 6.10. The largest absolute Gasteiger partial charge is 0.361 e. The first-order chi connectivity index (χ1) is 10.5. The molecule has 1 N–H and O–H groups in total. The predicted octanol–water partition coefficient (Wildman–Crippen LogP) is 2.63. The third kappa shape index (κ3) is 4.41. The van der Waals surface area contributed by atoms with Crippen molar-refractivity contribution in [2.75, 3.05) is 6.54 Å². The Bertz CT molecular complexity index is 516. The van der Waals surface area contributed by atoms with Crippen molar-refractivity contribution in [3.8, 4) is 0 Å². The van der Waals surface area contributed by atoms with Crippen molar-refractivity contribution in [3.05, 3.63) is 17.0 Å². The van der Waals surface area contributed by atoms with Crippen LogP contribution in [0.15, 0.2) is 4.52 Å². The molecule has 1 amide bonds. The van der Waals surface area contributed by atoms with Crippen LogP contribution in [0.3, 0.4) is 0 Å². The summed E-state index contributed by atoms with van der Waals surface area (Å²) in [6.45, 7) is 6.08. The van der Waals surface area contributed by atoms with E-state index < -0.39 is 16.0 Å². The summed E-state index contributed by atoms with van der Waals surface area (Å²) in [6, 6.07) is 0. The first kappa shape index (κ1) is 17.2. The minimum atomic E-state index is -1.26. The van der Waals surface area contributed by atoms with Gasteiger partial charge in [-0.15, -0.1) is 0 Å². The lowest BCUT2D eigenvalue weighted by atomic mass is 9.89. The van der Waals surface area contributed by atoms with Gasteiger partial charge in [-0.1, -0.05) is 24.4 Å². The average molecular weight is 326 g/mol. The fourth-order valence-corrected chi connectivity index (χ4v) is 4.14. The number of nitrogens with zero attached hydrogens (tertiary/aromatic N) is 1. The maximum Gasteiger partial charge on any atom is 0.235 e. The van der Waals surface area contributed by atoms with Crippen molar-refractivity contribution < 1.29 is 13.5 Å². The van der Waals surface area contributed by atoms with Gasteiger partial charge in [0.2, 0.25) is 5.91 Å². The standard InChI is InChI=1S/C16H26N2O3S/c1-11-15(12(2)21-18-11)10-22(20)13(3)16(19)17-9-14-7-5-4-6-8-14/h13-14H,4-10H2,1-3H3,(H,17,19). The van der Waals surface area contributed by atoms with Crippen LogP contribution in [0.5, 0.6) is 0 Å². The number of hydrogen-bond acceptors (Lipinski definition) is 4. The number of carbonyl (C=O) groups is 1. The van der Waals surface area contributed by atoms with Gasteiger partial charge in [-0.05, 0) is 39.5 Å². The van der Waals surface area contributed by atoms with Crippen LogP contribution in [0.2, 0.25) is 0 Å². The molecule has 124 valence electrons. The van der Waals surface area contributed by atoms with E-state index in [2.05, 4.69) is 10.5 Å². The number of amides is 1. The molecule has 1 aromatic rings. The van der Waals surface area contributed by atoms with E-state index in [9.17, 15) is 9.00 Å². The van der Waals surface area contributed by atoms with Gasteiger partial charge in [0.15, 0.2) is 0 Å². The summed E-state index contributed by atoms with van der Waals surface area (Å²) in [6.07, 6.45) is 6.21. The molecule has 1 aliphatic carbocycles. The molecule has 0 saturated heterocycles. The summed E-state index contributed by atoms with van der Waals surface area (Å²) in [4.78, 5) is 12.2. The minimum Gasteiger partial charge on any atom is -0.361 e. The Kier molecular flexibility index (Phi) is 6.17. The molecule has 5 nitrogen and oxygen atoms in total. The Balaban J connectivity index is 1.83. The summed E-state index contributed by atoms with van der Waals surface area (Å²) < 4.78 is 17.5. The van der Waals surface area contributed by atoms with Crippen LogP contribution >= 0.6 is 0 Å². The van der Waals surface area contributed by atoms with Gasteiger partial charge < -0.3 is 9.84 Å². The van der Waals surface area contributed by atoms with Crippen LogP contribution < -0.4 is 5.32 Å². The molecular formula is C16H26N2O3S. The lowest BCUT2D eigenvalue weighted by Crippen LogP contribution is -2.38. The van der Waals surface area contributed by atoms with Crippen molar-refractivity contribution in [2.45, 2.75) is 63.9 Å². The van der Waals surface area contributed by atoms with E-state index >= 15 is 0 Å². The Morgan fingerprint density at radius 3 is 2.64 bits per heavy atom. The number of hydrogen-bond donors (Lipinski definition) is 1. The summed E-state index contributed by atoms with van der Waals surface area (Å²) in [5.41, 5.74) is 1.60. The van der Waals surface area contributed by atoms with E-state index in [1.165, 1.54) is 32.1 Å². The molecule has 22 heavy (non-hydrogen) atoms. The molecule has 1 aliphatic rings. The van der Waals surface area contributed by atoms with Crippen molar-refractivity contribution in [3.63, 3.8) is 0 Å². The van der Waals surface area contributed by atoms with E-state index in [-0.39, 0.29) is 5.91 Å². The van der Waals surface area contributed by atoms with Gasteiger partial charge in [0.1, 0.15) is 11.0 Å². The highest BCUT2D eigenvalue weighted by Gasteiger charge is 2.23. The SMILES string of the molecule is Cc1noc(C)c1CS(=O)C(C)C(=O)NCC1CCCCC1. The van der Waals surface area contributed by atoms with Crippen molar-refractivity contribution in [2.24, 2.45) is 5.92 Å². The second-order valence-electron chi connectivity index (χ2n) is 6.22. The maximum absolute atomic E-state index is 12.4. The van der Waals surface area contributed by atoms with Crippen LogP contribution in [0.25, 0.3) is 0 Å². The van der Waals surface area contributed by atoms with Gasteiger partial charge in [-0.2, -0.15) is 0 Å². The molecule has 2 unspecified atom stereocenters. The average Bonchev–Trinajstić information content (AvgIpc) is 2.84. The van der Waals surface area contributed by atoms with Gasteiger partial charge in [-0.25, -0.2) is 0 Å². The van der Waals surface area contributed by atoms with Crippen LogP contribution in [-0.2, 0) is 21.3 Å². The van der Waals surface area contributed by atoms with E-state index in [0.717, 1.165) is 11.3 Å². The molecular weight excluding hydrogens is 300 g/mol. The first-order valence-corrected chi connectivity index (χ1v) is 9.44. The third-order valence-electron chi connectivity index (χ3n) is 4.52. The number of rotatable bonds is 6. The molecule has 6 heteroatoms. The van der Waals surface area contributed by atoms with E-state index in [4.69, 9.17) is 4.52 Å². The lowest BCUT2D eigenvalue weighted by Gasteiger charge is -2.22. The summed E-state index contributed by atoms with van der Waals surface area (Å²) in [5.74, 6) is 1.47. The smallest absolute Gasteiger partial charge is 0.235 e. The zero-order valence-electron chi connectivity index (χ0n) is 13.7. The Labute approximate surface area is 134 Å². The summed E-state index contributed by atoms with van der Waals surface area (Å²) >= 11 is 0. The van der Waals surface area contributed by atoms with Gasteiger partial charge in [0.25, 0.3) is 0 Å². The fourth-order valence-electron chi connectivity index (χ4n) is 2.87. The van der Waals surface area contributed by atoms with Gasteiger partial charge in [0.05, 0.1) is 11.4 Å². The molecule has 2 rings (SSSR count). The Morgan fingerprint density at radius 1 is 1.36 bits per heavy atom. The highest BCUT2D eigenvalue weighted by molar-refractivity contribution is 7.85. The minimum absolute atomic E-state index is 0.115. The molecule has 0 radical (unpaired) electrons. The Hall–Kier alpha value is -1.17. The molecule has 1 fully saturated rings. The van der Waals surface area contributed by atoms with Crippen LogP contribution in [0.1, 0.15) is 56.0 Å². The fraction of sp³-hybridized carbons (Fsp3) is 0.750. The highest BCUT2D eigenvalue weighted by Crippen LogP contribution is 2.23. The highest BCUT2D eigenvalue weighted by atomic mass is 32.2. The van der Waals surface area contributed by atoms with E-state index in [1.54, 1.807) is 13.8 Å². The van der Waals surface area contributed by atoms with Crippen molar-refractivity contribution >= 4 is 16.7 Å². The van der Waals surface area contributed by atoms with Crippen LogP contribution in [-0.4, -0.2) is 27.1 Å². The topological polar surface area (TPSA) is 72.2 Å². The Morgan fingerprint density at radius 2 is 2.05 bits per heavy atom. The van der Waals surface area contributed by atoms with Gasteiger partial charge in [-0.3, -0.25) is 9.00 Å². The molecule has 0 aliphatic heterocycles. The molecule has 2 atom stereocenters. The molecule has 0 spiro atoms. The van der Waals surface area contributed by atoms with E-state index in [0.29, 0.717) is 24.0 Å². The second-order valence-corrected chi connectivity index (χ2v) is 7.98. The maximum atomic E-state index is 12.4. The summed E-state index contributed by atoms with van der Waals surface area (Å²) in [7, 11) is -1.26. The quantitative estimate of drug-likeness (QED) is 0.872. The molecule has 1 aromatic heterocycles. The zero-order valence-corrected chi connectivity index (χ0v) is 14.5. The molecule has 0 bridgehead atoms. The first-order valence-electron chi connectivity index (χ1n) is 8.05. The normalized spacial score (nSPS) is 18.9. The van der Waals surface area contributed by atoms with Gasteiger partial charge in [0, 0.05) is 22.9 Å². The van der Waals surface area contributed by atoms with Crippen molar-refractivity contribution in [1.82, 2.24) is 10.5 Å². The second kappa shape index (κ2) is 7.90. The van der Waals surface area contributed by atoms with Crippen LogP contribution in [0, 0.1) is 19.8 Å². The lowest BCUT2D eigenvalue weighted by molar-refractivity contribution is -0.120. The van der Waals surface area contributed by atoms with Crippen molar-refractivity contribution in [1.29, 1.82) is 0 Å². The van der Waals surface area contributed by atoms with Gasteiger partial charge >= 0.3 is 0 Å². The molecule has 1 heterocycles. The molecule has 1 saturated carbocycles.